The molecular formula is C17H25Cl2N5. The van der Waals surface area contributed by atoms with Crippen LogP contribution < -0.4 is 5.32 Å². The van der Waals surface area contributed by atoms with Crippen molar-refractivity contribution in [2.24, 2.45) is 0 Å². The molecule has 1 N–H and O–H groups in total. The summed E-state index contributed by atoms with van der Waals surface area (Å²) in [6.07, 6.45) is 6.99. The lowest BCUT2D eigenvalue weighted by Gasteiger charge is -2.30. The SMILES string of the molecule is CCN(Cc1ccc(Cl)cc1-n1cncn1)C1CCCNCC1.Cl. The summed E-state index contributed by atoms with van der Waals surface area (Å²) < 4.78 is 1.80. The first-order valence-corrected chi connectivity index (χ1v) is 8.74. The van der Waals surface area contributed by atoms with E-state index in [4.69, 9.17) is 11.6 Å². The number of nitrogens with zero attached hydrogens (tertiary/aromatic N) is 4. The fraction of sp³-hybridized carbons (Fsp3) is 0.529. The van der Waals surface area contributed by atoms with Crippen LogP contribution in [-0.4, -0.2) is 45.3 Å². The molecule has 2 aromatic rings. The minimum Gasteiger partial charge on any atom is -0.317 e. The zero-order chi connectivity index (χ0) is 16.1. The highest BCUT2D eigenvalue weighted by Gasteiger charge is 2.20. The van der Waals surface area contributed by atoms with E-state index in [0.29, 0.717) is 6.04 Å². The van der Waals surface area contributed by atoms with Gasteiger partial charge in [0.25, 0.3) is 0 Å². The summed E-state index contributed by atoms with van der Waals surface area (Å²) in [6.45, 7) is 6.44. The number of hydrogen-bond acceptors (Lipinski definition) is 4. The fourth-order valence-electron chi connectivity index (χ4n) is 3.30. The average Bonchev–Trinajstić information content (AvgIpc) is 2.96. The van der Waals surface area contributed by atoms with Crippen LogP contribution in [0.2, 0.25) is 5.02 Å². The fourth-order valence-corrected chi connectivity index (χ4v) is 3.47. The van der Waals surface area contributed by atoms with Gasteiger partial charge in [0.15, 0.2) is 0 Å². The van der Waals surface area contributed by atoms with E-state index in [0.717, 1.165) is 36.9 Å². The Balaban J connectivity index is 0.00000208. The van der Waals surface area contributed by atoms with Gasteiger partial charge in [0.05, 0.1) is 5.69 Å². The van der Waals surface area contributed by atoms with E-state index in [1.807, 2.05) is 12.1 Å². The maximum Gasteiger partial charge on any atom is 0.138 e. The van der Waals surface area contributed by atoms with Crippen LogP contribution in [0.4, 0.5) is 0 Å². The van der Waals surface area contributed by atoms with E-state index in [1.165, 1.54) is 24.8 Å². The van der Waals surface area contributed by atoms with Gasteiger partial charge in [-0.2, -0.15) is 5.10 Å². The second-order valence-corrected chi connectivity index (χ2v) is 6.45. The van der Waals surface area contributed by atoms with Crippen LogP contribution in [0.5, 0.6) is 0 Å². The molecular weight excluding hydrogens is 345 g/mol. The molecule has 1 aliphatic heterocycles. The van der Waals surface area contributed by atoms with Crippen LogP contribution in [0.25, 0.3) is 5.69 Å². The molecule has 1 unspecified atom stereocenters. The minimum atomic E-state index is 0. The van der Waals surface area contributed by atoms with Crippen LogP contribution in [0.15, 0.2) is 30.9 Å². The lowest BCUT2D eigenvalue weighted by Crippen LogP contribution is -2.35. The third-order valence-corrected chi connectivity index (χ3v) is 4.79. The van der Waals surface area contributed by atoms with Crippen LogP contribution in [0.1, 0.15) is 31.7 Å². The van der Waals surface area contributed by atoms with Gasteiger partial charge in [-0.25, -0.2) is 9.67 Å². The third-order valence-electron chi connectivity index (χ3n) is 4.55. The first-order chi connectivity index (χ1) is 11.3. The Hall–Kier alpha value is -1.14. The van der Waals surface area contributed by atoms with Gasteiger partial charge in [0, 0.05) is 17.6 Å². The molecule has 1 fully saturated rings. The Morgan fingerprint density at radius 1 is 1.33 bits per heavy atom. The highest BCUT2D eigenvalue weighted by molar-refractivity contribution is 6.30. The Kier molecular flexibility index (Phi) is 7.49. The molecule has 1 aliphatic rings. The summed E-state index contributed by atoms with van der Waals surface area (Å²) in [6, 6.07) is 6.67. The Labute approximate surface area is 154 Å². The molecule has 2 heterocycles. The van der Waals surface area contributed by atoms with Crippen molar-refractivity contribution in [1.82, 2.24) is 25.0 Å². The zero-order valence-corrected chi connectivity index (χ0v) is 15.6. The van der Waals surface area contributed by atoms with Crippen molar-refractivity contribution in [3.8, 4) is 5.69 Å². The lowest BCUT2D eigenvalue weighted by molar-refractivity contribution is 0.182. The van der Waals surface area contributed by atoms with E-state index >= 15 is 0 Å². The topological polar surface area (TPSA) is 46.0 Å². The second-order valence-electron chi connectivity index (χ2n) is 6.01. The minimum absolute atomic E-state index is 0. The molecule has 7 heteroatoms. The Morgan fingerprint density at radius 3 is 2.96 bits per heavy atom. The van der Waals surface area contributed by atoms with Crippen molar-refractivity contribution in [2.45, 2.75) is 38.8 Å². The molecule has 5 nitrogen and oxygen atoms in total. The molecule has 1 atom stereocenters. The first kappa shape index (κ1) is 19.2. The standard InChI is InChI=1S/C17H24ClN5.ClH/c1-2-22(16-4-3-8-19-9-7-16)11-14-5-6-15(18)10-17(14)23-13-20-12-21-23;/h5-6,10,12-13,16,19H,2-4,7-9,11H2,1H3;1H. The van der Waals surface area contributed by atoms with Gasteiger partial charge in [0.1, 0.15) is 12.7 Å². The molecule has 0 aliphatic carbocycles. The smallest absolute Gasteiger partial charge is 0.138 e. The van der Waals surface area contributed by atoms with Gasteiger partial charge in [-0.05, 0) is 56.6 Å². The maximum absolute atomic E-state index is 6.19. The number of nitrogens with one attached hydrogen (secondary N) is 1. The predicted octanol–water partition coefficient (Wildman–Crippen LogP) is 3.31. The van der Waals surface area contributed by atoms with Crippen LogP contribution in [0.3, 0.4) is 0 Å². The second kappa shape index (κ2) is 9.37. The Morgan fingerprint density at radius 2 is 2.21 bits per heavy atom. The van der Waals surface area contributed by atoms with Crippen molar-refractivity contribution in [1.29, 1.82) is 0 Å². The number of rotatable bonds is 5. The van der Waals surface area contributed by atoms with Gasteiger partial charge >= 0.3 is 0 Å². The highest BCUT2D eigenvalue weighted by atomic mass is 35.5. The molecule has 1 aromatic heterocycles. The van der Waals surface area contributed by atoms with Gasteiger partial charge in [-0.1, -0.05) is 24.6 Å². The summed E-state index contributed by atoms with van der Waals surface area (Å²) in [5, 5.41) is 8.49. The molecule has 0 spiro atoms. The molecule has 24 heavy (non-hydrogen) atoms. The summed E-state index contributed by atoms with van der Waals surface area (Å²) in [5.41, 5.74) is 2.25. The lowest BCUT2D eigenvalue weighted by atomic mass is 10.1. The van der Waals surface area contributed by atoms with Crippen LogP contribution in [0, 0.1) is 0 Å². The number of halogens is 2. The van der Waals surface area contributed by atoms with Crippen molar-refractivity contribution in [3.63, 3.8) is 0 Å². The van der Waals surface area contributed by atoms with E-state index in [2.05, 4.69) is 33.3 Å². The molecule has 0 amide bonds. The first-order valence-electron chi connectivity index (χ1n) is 8.36. The van der Waals surface area contributed by atoms with E-state index < -0.39 is 0 Å². The average molecular weight is 370 g/mol. The summed E-state index contributed by atoms with van der Waals surface area (Å²) >= 11 is 6.19. The van der Waals surface area contributed by atoms with E-state index in [9.17, 15) is 0 Å². The van der Waals surface area contributed by atoms with Crippen LogP contribution in [-0.2, 0) is 6.54 Å². The molecule has 0 saturated carbocycles. The number of hydrogen-bond donors (Lipinski definition) is 1. The molecule has 1 aromatic carbocycles. The Bertz CT molecular complexity index is 609. The summed E-state index contributed by atoms with van der Waals surface area (Å²) in [5.74, 6) is 0. The summed E-state index contributed by atoms with van der Waals surface area (Å²) in [4.78, 5) is 6.62. The quantitative estimate of drug-likeness (QED) is 0.877. The number of benzene rings is 1. The molecule has 1 saturated heterocycles. The van der Waals surface area contributed by atoms with Gasteiger partial charge in [-0.3, -0.25) is 4.90 Å². The van der Waals surface area contributed by atoms with Crippen molar-refractivity contribution in [3.05, 3.63) is 41.4 Å². The van der Waals surface area contributed by atoms with Gasteiger partial charge in [0.2, 0.25) is 0 Å². The summed E-state index contributed by atoms with van der Waals surface area (Å²) in [7, 11) is 0. The maximum atomic E-state index is 6.19. The number of aromatic nitrogens is 3. The third kappa shape index (κ3) is 4.70. The normalized spacial score (nSPS) is 18.2. The van der Waals surface area contributed by atoms with Crippen LogP contribution >= 0.6 is 24.0 Å². The van der Waals surface area contributed by atoms with Crippen molar-refractivity contribution >= 4 is 24.0 Å². The molecule has 0 radical (unpaired) electrons. The van der Waals surface area contributed by atoms with Gasteiger partial charge in [-0.15, -0.1) is 12.4 Å². The van der Waals surface area contributed by atoms with E-state index in [-0.39, 0.29) is 12.4 Å². The van der Waals surface area contributed by atoms with Gasteiger partial charge < -0.3 is 5.32 Å². The highest BCUT2D eigenvalue weighted by Crippen LogP contribution is 2.23. The molecule has 3 rings (SSSR count). The molecule has 132 valence electrons. The monoisotopic (exact) mass is 369 g/mol. The largest absolute Gasteiger partial charge is 0.317 e. The predicted molar refractivity (Wildman–Crippen MR) is 100 cm³/mol. The van der Waals surface area contributed by atoms with Crippen molar-refractivity contribution < 1.29 is 0 Å². The van der Waals surface area contributed by atoms with E-state index in [1.54, 1.807) is 17.3 Å². The van der Waals surface area contributed by atoms with Crippen molar-refractivity contribution in [2.75, 3.05) is 19.6 Å². The zero-order valence-electron chi connectivity index (χ0n) is 14.0. The molecule has 0 bridgehead atoms.